The zero-order valence-corrected chi connectivity index (χ0v) is 12.8. The standard InChI is InChI=1S/C20H18N2O/c23-20(22-14-16-7-3-1-4-8-16)13-19-12-11-18(15-21-19)17-9-5-2-6-10-17/h1-12,15H,13-14H2,(H,22,23). The van der Waals surface area contributed by atoms with Crippen LogP contribution in [-0.2, 0) is 17.8 Å². The van der Waals surface area contributed by atoms with Gasteiger partial charge in [-0.25, -0.2) is 0 Å². The molecule has 3 rings (SSSR count). The average Bonchev–Trinajstić information content (AvgIpc) is 2.62. The summed E-state index contributed by atoms with van der Waals surface area (Å²) < 4.78 is 0. The third-order valence-corrected chi connectivity index (χ3v) is 3.61. The van der Waals surface area contributed by atoms with E-state index in [-0.39, 0.29) is 5.91 Å². The lowest BCUT2D eigenvalue weighted by Crippen LogP contribution is -2.24. The smallest absolute Gasteiger partial charge is 0.226 e. The first kappa shape index (κ1) is 15.0. The summed E-state index contributed by atoms with van der Waals surface area (Å²) in [6.45, 7) is 0.543. The Morgan fingerprint density at radius 3 is 2.17 bits per heavy atom. The van der Waals surface area contributed by atoms with Gasteiger partial charge in [0, 0.05) is 24.0 Å². The molecule has 0 atom stereocenters. The molecule has 3 heteroatoms. The van der Waals surface area contributed by atoms with Gasteiger partial charge in [-0.05, 0) is 17.2 Å². The van der Waals surface area contributed by atoms with Crippen molar-refractivity contribution in [3.8, 4) is 11.1 Å². The monoisotopic (exact) mass is 302 g/mol. The molecule has 0 fully saturated rings. The van der Waals surface area contributed by atoms with Gasteiger partial charge in [0.15, 0.2) is 0 Å². The number of pyridine rings is 1. The van der Waals surface area contributed by atoms with E-state index in [4.69, 9.17) is 0 Å². The van der Waals surface area contributed by atoms with Crippen LogP contribution >= 0.6 is 0 Å². The molecule has 1 N–H and O–H groups in total. The molecule has 2 aromatic carbocycles. The van der Waals surface area contributed by atoms with E-state index in [1.54, 1.807) is 0 Å². The van der Waals surface area contributed by atoms with E-state index in [0.29, 0.717) is 13.0 Å². The van der Waals surface area contributed by atoms with Gasteiger partial charge in [-0.2, -0.15) is 0 Å². The summed E-state index contributed by atoms with van der Waals surface area (Å²) in [4.78, 5) is 16.4. The van der Waals surface area contributed by atoms with Gasteiger partial charge < -0.3 is 5.32 Å². The highest BCUT2D eigenvalue weighted by Gasteiger charge is 2.05. The van der Waals surface area contributed by atoms with Crippen LogP contribution in [0.3, 0.4) is 0 Å². The van der Waals surface area contributed by atoms with Crippen LogP contribution in [0.1, 0.15) is 11.3 Å². The van der Waals surface area contributed by atoms with Gasteiger partial charge in [0.25, 0.3) is 0 Å². The average molecular weight is 302 g/mol. The molecule has 3 nitrogen and oxygen atoms in total. The number of nitrogens with one attached hydrogen (secondary N) is 1. The third kappa shape index (κ3) is 4.27. The normalized spacial score (nSPS) is 10.3. The van der Waals surface area contributed by atoms with Gasteiger partial charge in [0.05, 0.1) is 6.42 Å². The number of benzene rings is 2. The number of rotatable bonds is 5. The van der Waals surface area contributed by atoms with Crippen LogP contribution in [0.5, 0.6) is 0 Å². The molecule has 0 radical (unpaired) electrons. The fraction of sp³-hybridized carbons (Fsp3) is 0.100. The van der Waals surface area contributed by atoms with Crippen molar-refractivity contribution in [1.82, 2.24) is 10.3 Å². The maximum atomic E-state index is 12.0. The first-order valence-corrected chi connectivity index (χ1v) is 7.62. The molecule has 0 saturated carbocycles. The summed E-state index contributed by atoms with van der Waals surface area (Å²) in [5, 5.41) is 2.91. The van der Waals surface area contributed by atoms with Crippen LogP contribution in [0.25, 0.3) is 11.1 Å². The topological polar surface area (TPSA) is 42.0 Å². The van der Waals surface area contributed by atoms with E-state index in [0.717, 1.165) is 22.4 Å². The number of amides is 1. The molecule has 114 valence electrons. The molecule has 3 aromatic rings. The van der Waals surface area contributed by atoms with Crippen molar-refractivity contribution in [3.05, 3.63) is 90.3 Å². The SMILES string of the molecule is O=C(Cc1ccc(-c2ccccc2)cn1)NCc1ccccc1. The molecule has 0 spiro atoms. The van der Waals surface area contributed by atoms with E-state index < -0.39 is 0 Å². The quantitative estimate of drug-likeness (QED) is 0.782. The van der Waals surface area contributed by atoms with Crippen molar-refractivity contribution < 1.29 is 4.79 Å². The molecular weight excluding hydrogens is 284 g/mol. The lowest BCUT2D eigenvalue weighted by Gasteiger charge is -2.06. The lowest BCUT2D eigenvalue weighted by atomic mass is 10.1. The van der Waals surface area contributed by atoms with Crippen molar-refractivity contribution in [1.29, 1.82) is 0 Å². The lowest BCUT2D eigenvalue weighted by molar-refractivity contribution is -0.120. The summed E-state index contributed by atoms with van der Waals surface area (Å²) in [7, 11) is 0. The molecule has 1 amide bonds. The molecule has 23 heavy (non-hydrogen) atoms. The van der Waals surface area contributed by atoms with Crippen LogP contribution in [0.4, 0.5) is 0 Å². The molecule has 1 heterocycles. The van der Waals surface area contributed by atoms with E-state index in [1.807, 2.05) is 79.0 Å². The highest BCUT2D eigenvalue weighted by atomic mass is 16.1. The Morgan fingerprint density at radius 1 is 0.826 bits per heavy atom. The molecule has 0 aliphatic carbocycles. The van der Waals surface area contributed by atoms with Gasteiger partial charge in [0.2, 0.25) is 5.91 Å². The predicted octanol–water partition coefficient (Wildman–Crippen LogP) is 3.61. The highest BCUT2D eigenvalue weighted by molar-refractivity contribution is 5.78. The number of aromatic nitrogens is 1. The second-order valence-corrected chi connectivity index (χ2v) is 5.34. The highest BCUT2D eigenvalue weighted by Crippen LogP contribution is 2.17. The van der Waals surface area contributed by atoms with Crippen molar-refractivity contribution in [2.75, 3.05) is 0 Å². The number of nitrogens with zero attached hydrogens (tertiary/aromatic N) is 1. The van der Waals surface area contributed by atoms with Gasteiger partial charge in [-0.15, -0.1) is 0 Å². The van der Waals surface area contributed by atoms with E-state index in [2.05, 4.69) is 10.3 Å². The molecule has 0 aliphatic heterocycles. The Kier molecular flexibility index (Phi) is 4.79. The minimum Gasteiger partial charge on any atom is -0.352 e. The maximum absolute atomic E-state index is 12.0. The number of hydrogen-bond donors (Lipinski definition) is 1. The fourth-order valence-corrected chi connectivity index (χ4v) is 2.35. The summed E-state index contributed by atoms with van der Waals surface area (Å²) in [6.07, 6.45) is 2.11. The molecule has 1 aromatic heterocycles. The Labute approximate surface area is 136 Å². The Morgan fingerprint density at radius 2 is 1.52 bits per heavy atom. The van der Waals surface area contributed by atoms with Gasteiger partial charge in [-0.3, -0.25) is 9.78 Å². The van der Waals surface area contributed by atoms with Crippen LogP contribution in [0, 0.1) is 0 Å². The van der Waals surface area contributed by atoms with Crippen LogP contribution in [0.2, 0.25) is 0 Å². The summed E-state index contributed by atoms with van der Waals surface area (Å²) in [6, 6.07) is 23.9. The Bertz CT molecular complexity index is 753. The largest absolute Gasteiger partial charge is 0.352 e. The molecule has 0 saturated heterocycles. The summed E-state index contributed by atoms with van der Waals surface area (Å²) in [5.74, 6) is -0.0196. The minimum atomic E-state index is -0.0196. The van der Waals surface area contributed by atoms with Crippen molar-refractivity contribution in [2.45, 2.75) is 13.0 Å². The van der Waals surface area contributed by atoms with Crippen LogP contribution in [-0.4, -0.2) is 10.9 Å². The van der Waals surface area contributed by atoms with Gasteiger partial charge >= 0.3 is 0 Å². The summed E-state index contributed by atoms with van der Waals surface area (Å²) in [5.41, 5.74) is 4.04. The van der Waals surface area contributed by atoms with Crippen LogP contribution < -0.4 is 5.32 Å². The number of carbonyl (C=O) groups excluding carboxylic acids is 1. The zero-order chi connectivity index (χ0) is 15.9. The Balaban J connectivity index is 1.57. The van der Waals surface area contributed by atoms with E-state index >= 15 is 0 Å². The first-order valence-electron chi connectivity index (χ1n) is 7.62. The molecule has 0 unspecified atom stereocenters. The fourth-order valence-electron chi connectivity index (χ4n) is 2.35. The molecule has 0 bridgehead atoms. The van der Waals surface area contributed by atoms with E-state index in [1.165, 1.54) is 0 Å². The maximum Gasteiger partial charge on any atom is 0.226 e. The van der Waals surface area contributed by atoms with Crippen LogP contribution in [0.15, 0.2) is 79.0 Å². The zero-order valence-electron chi connectivity index (χ0n) is 12.8. The second kappa shape index (κ2) is 7.36. The van der Waals surface area contributed by atoms with Crippen molar-refractivity contribution >= 4 is 5.91 Å². The minimum absolute atomic E-state index is 0.0196. The van der Waals surface area contributed by atoms with E-state index in [9.17, 15) is 4.79 Å². The van der Waals surface area contributed by atoms with Gasteiger partial charge in [0.1, 0.15) is 0 Å². The second-order valence-electron chi connectivity index (χ2n) is 5.34. The molecular formula is C20H18N2O. The number of hydrogen-bond acceptors (Lipinski definition) is 2. The molecule has 0 aliphatic rings. The Hall–Kier alpha value is -2.94. The van der Waals surface area contributed by atoms with Crippen molar-refractivity contribution in [3.63, 3.8) is 0 Å². The summed E-state index contributed by atoms with van der Waals surface area (Å²) >= 11 is 0. The van der Waals surface area contributed by atoms with Gasteiger partial charge in [-0.1, -0.05) is 66.7 Å². The third-order valence-electron chi connectivity index (χ3n) is 3.61. The predicted molar refractivity (Wildman–Crippen MR) is 91.7 cm³/mol. The first-order chi connectivity index (χ1) is 11.3. The number of carbonyl (C=O) groups is 1. The van der Waals surface area contributed by atoms with Crippen molar-refractivity contribution in [2.24, 2.45) is 0 Å².